The molecule has 4 nitrogen and oxygen atoms in total. The molecule has 0 radical (unpaired) electrons. The largest absolute Gasteiger partial charge is 0.478 e. The lowest BCUT2D eigenvalue weighted by atomic mass is 10.0. The number of carboxylic acid groups (broad SMARTS) is 1. The van der Waals surface area contributed by atoms with Crippen LogP contribution in [-0.2, 0) is 4.79 Å². The summed E-state index contributed by atoms with van der Waals surface area (Å²) in [6.45, 7) is 7.24. The van der Waals surface area contributed by atoms with E-state index in [4.69, 9.17) is 17.3 Å². The average molecular weight is 240 g/mol. The third-order valence-corrected chi connectivity index (χ3v) is 3.55. The molecule has 16 heavy (non-hydrogen) atoms. The standard InChI is InChI=1S/C11H16N2O2S/c1-5-11(4)10(16)12-8(13-11)6(2)7(3)9(14)15/h5H2,1-4H3,(H,14,15)(H,12,13,16). The zero-order valence-corrected chi connectivity index (χ0v) is 10.7. The fourth-order valence-corrected chi connectivity index (χ4v) is 1.61. The van der Waals surface area contributed by atoms with Gasteiger partial charge >= 0.3 is 5.97 Å². The first-order valence-corrected chi connectivity index (χ1v) is 5.55. The van der Waals surface area contributed by atoms with E-state index in [0.717, 1.165) is 6.42 Å². The van der Waals surface area contributed by atoms with E-state index in [1.807, 2.05) is 13.8 Å². The molecule has 0 aromatic carbocycles. The van der Waals surface area contributed by atoms with Gasteiger partial charge < -0.3 is 10.4 Å². The fourth-order valence-electron chi connectivity index (χ4n) is 1.32. The summed E-state index contributed by atoms with van der Waals surface area (Å²) in [5, 5.41) is 11.9. The van der Waals surface area contributed by atoms with Gasteiger partial charge in [0.2, 0.25) is 0 Å². The van der Waals surface area contributed by atoms with Crippen LogP contribution in [0, 0.1) is 0 Å². The molecule has 1 heterocycles. The van der Waals surface area contributed by atoms with E-state index in [1.54, 1.807) is 13.8 Å². The number of carbonyl (C=O) groups is 1. The zero-order valence-electron chi connectivity index (χ0n) is 9.92. The molecule has 0 amide bonds. The number of nitrogens with zero attached hydrogens (tertiary/aromatic N) is 1. The van der Waals surface area contributed by atoms with Crippen molar-refractivity contribution in [2.24, 2.45) is 4.99 Å². The summed E-state index contributed by atoms with van der Waals surface area (Å²) in [5.74, 6) is -0.354. The Morgan fingerprint density at radius 3 is 2.50 bits per heavy atom. The van der Waals surface area contributed by atoms with Crippen molar-refractivity contribution >= 4 is 29.0 Å². The van der Waals surface area contributed by atoms with Gasteiger partial charge in [0.25, 0.3) is 0 Å². The van der Waals surface area contributed by atoms with Gasteiger partial charge in [-0.1, -0.05) is 19.1 Å². The Hall–Kier alpha value is -1.23. The Morgan fingerprint density at radius 1 is 1.56 bits per heavy atom. The van der Waals surface area contributed by atoms with Gasteiger partial charge in [-0.05, 0) is 27.2 Å². The third kappa shape index (κ3) is 2.14. The summed E-state index contributed by atoms with van der Waals surface area (Å²) in [4.78, 5) is 16.0. The second kappa shape index (κ2) is 4.33. The van der Waals surface area contributed by atoms with Crippen LogP contribution in [-0.4, -0.2) is 27.4 Å². The Kier molecular flexibility index (Phi) is 3.48. The van der Waals surface area contributed by atoms with E-state index in [9.17, 15) is 4.79 Å². The molecule has 0 spiro atoms. The van der Waals surface area contributed by atoms with Crippen LogP contribution in [0.4, 0.5) is 0 Å². The van der Waals surface area contributed by atoms with Crippen molar-refractivity contribution in [2.75, 3.05) is 0 Å². The first-order chi connectivity index (χ1) is 7.31. The number of hydrogen-bond acceptors (Lipinski definition) is 3. The molecule has 0 saturated carbocycles. The van der Waals surface area contributed by atoms with Crippen LogP contribution in [0.25, 0.3) is 0 Å². The number of thiocarbonyl (C=S) groups is 1. The smallest absolute Gasteiger partial charge is 0.331 e. The van der Waals surface area contributed by atoms with E-state index in [-0.39, 0.29) is 5.57 Å². The molecule has 0 saturated heterocycles. The summed E-state index contributed by atoms with van der Waals surface area (Å²) in [7, 11) is 0. The molecule has 1 aliphatic rings. The average Bonchev–Trinajstić information content (AvgIpc) is 2.54. The monoisotopic (exact) mass is 240 g/mol. The molecule has 88 valence electrons. The molecule has 5 heteroatoms. The van der Waals surface area contributed by atoms with E-state index < -0.39 is 11.5 Å². The van der Waals surface area contributed by atoms with Gasteiger partial charge in [-0.25, -0.2) is 4.79 Å². The van der Waals surface area contributed by atoms with E-state index in [0.29, 0.717) is 16.4 Å². The van der Waals surface area contributed by atoms with Crippen molar-refractivity contribution in [3.63, 3.8) is 0 Å². The van der Waals surface area contributed by atoms with Crippen molar-refractivity contribution in [2.45, 2.75) is 39.7 Å². The van der Waals surface area contributed by atoms with Gasteiger partial charge in [-0.3, -0.25) is 4.99 Å². The summed E-state index contributed by atoms with van der Waals surface area (Å²) in [6.07, 6.45) is 0.793. The highest BCUT2D eigenvalue weighted by molar-refractivity contribution is 7.80. The molecular weight excluding hydrogens is 224 g/mol. The number of hydrogen-bond donors (Lipinski definition) is 2. The molecule has 1 rings (SSSR count). The lowest BCUT2D eigenvalue weighted by Gasteiger charge is -2.16. The number of carboxylic acids is 1. The maximum absolute atomic E-state index is 10.8. The first kappa shape index (κ1) is 12.8. The Balaban J connectivity index is 3.11. The van der Waals surface area contributed by atoms with Crippen LogP contribution in [0.3, 0.4) is 0 Å². The van der Waals surface area contributed by atoms with Crippen molar-refractivity contribution in [1.82, 2.24) is 5.32 Å². The SMILES string of the molecule is CCC1(C)N=C(C(C)=C(C)C(=O)O)NC1=S. The molecule has 0 aliphatic carbocycles. The summed E-state index contributed by atoms with van der Waals surface area (Å²) < 4.78 is 0. The highest BCUT2D eigenvalue weighted by atomic mass is 32.1. The highest BCUT2D eigenvalue weighted by Gasteiger charge is 2.34. The van der Waals surface area contributed by atoms with E-state index >= 15 is 0 Å². The lowest BCUT2D eigenvalue weighted by Crippen LogP contribution is -2.35. The van der Waals surface area contributed by atoms with Crippen LogP contribution in [0.1, 0.15) is 34.1 Å². The Bertz CT molecular complexity index is 412. The number of rotatable bonds is 3. The quantitative estimate of drug-likeness (QED) is 0.584. The van der Waals surface area contributed by atoms with Gasteiger partial charge in [-0.2, -0.15) is 0 Å². The fraction of sp³-hybridized carbons (Fsp3) is 0.545. The predicted molar refractivity (Wildman–Crippen MR) is 67.9 cm³/mol. The number of aliphatic carboxylic acids is 1. The maximum Gasteiger partial charge on any atom is 0.331 e. The van der Waals surface area contributed by atoms with Crippen molar-refractivity contribution in [3.8, 4) is 0 Å². The molecule has 0 bridgehead atoms. The van der Waals surface area contributed by atoms with Gasteiger partial charge in [0.1, 0.15) is 16.4 Å². The summed E-state index contributed by atoms with van der Waals surface area (Å²) in [5.41, 5.74) is 0.520. The molecule has 1 unspecified atom stereocenters. The maximum atomic E-state index is 10.8. The van der Waals surface area contributed by atoms with Crippen LogP contribution >= 0.6 is 12.2 Å². The van der Waals surface area contributed by atoms with Crippen molar-refractivity contribution < 1.29 is 9.90 Å². The van der Waals surface area contributed by atoms with E-state index in [2.05, 4.69) is 10.3 Å². The zero-order chi connectivity index (χ0) is 12.5. The Labute approximate surface area is 100 Å². The molecule has 0 fully saturated rings. The first-order valence-electron chi connectivity index (χ1n) is 5.14. The molecular formula is C11H16N2O2S. The number of nitrogens with one attached hydrogen (secondary N) is 1. The second-order valence-corrected chi connectivity index (χ2v) is 4.51. The summed E-state index contributed by atoms with van der Waals surface area (Å²) >= 11 is 5.21. The third-order valence-electron chi connectivity index (χ3n) is 3.01. The lowest BCUT2D eigenvalue weighted by molar-refractivity contribution is -0.132. The molecule has 0 aromatic rings. The number of amidine groups is 1. The number of aliphatic imine (C=N–C) groups is 1. The molecule has 1 atom stereocenters. The molecule has 1 aliphatic heterocycles. The van der Waals surface area contributed by atoms with Crippen LogP contribution in [0.5, 0.6) is 0 Å². The van der Waals surface area contributed by atoms with Gasteiger partial charge in [-0.15, -0.1) is 0 Å². The van der Waals surface area contributed by atoms with Crippen LogP contribution in [0.15, 0.2) is 16.1 Å². The normalized spacial score (nSPS) is 26.0. The van der Waals surface area contributed by atoms with Crippen molar-refractivity contribution in [1.29, 1.82) is 0 Å². The topological polar surface area (TPSA) is 61.7 Å². The van der Waals surface area contributed by atoms with Gasteiger partial charge in [0.05, 0.1) is 0 Å². The van der Waals surface area contributed by atoms with E-state index in [1.165, 1.54) is 0 Å². The highest BCUT2D eigenvalue weighted by Crippen LogP contribution is 2.23. The summed E-state index contributed by atoms with van der Waals surface area (Å²) in [6, 6.07) is 0. The minimum atomic E-state index is -0.932. The van der Waals surface area contributed by atoms with Crippen molar-refractivity contribution in [3.05, 3.63) is 11.1 Å². The van der Waals surface area contributed by atoms with Gasteiger partial charge in [0, 0.05) is 11.1 Å². The second-order valence-electron chi connectivity index (χ2n) is 4.10. The minimum absolute atomic E-state index is 0.286. The predicted octanol–water partition coefficient (Wildman–Crippen LogP) is 1.91. The minimum Gasteiger partial charge on any atom is -0.478 e. The molecule has 0 aromatic heterocycles. The van der Waals surface area contributed by atoms with Crippen LogP contribution < -0.4 is 5.32 Å². The van der Waals surface area contributed by atoms with Gasteiger partial charge in [0.15, 0.2) is 0 Å². The van der Waals surface area contributed by atoms with Crippen LogP contribution in [0.2, 0.25) is 0 Å². The Morgan fingerprint density at radius 2 is 2.12 bits per heavy atom. The molecule has 2 N–H and O–H groups in total.